The van der Waals surface area contributed by atoms with Gasteiger partial charge in [-0.3, -0.25) is 9.36 Å². The van der Waals surface area contributed by atoms with Crippen molar-refractivity contribution in [3.05, 3.63) is 75.7 Å². The van der Waals surface area contributed by atoms with Gasteiger partial charge in [-0.05, 0) is 37.0 Å². The molecule has 2 heterocycles. The van der Waals surface area contributed by atoms with Crippen molar-refractivity contribution in [2.24, 2.45) is 0 Å². The van der Waals surface area contributed by atoms with Crippen molar-refractivity contribution in [1.29, 1.82) is 0 Å². The Morgan fingerprint density at radius 1 is 0.967 bits per heavy atom. The molecule has 2 aromatic carbocycles. The lowest BCUT2D eigenvalue weighted by atomic mass is 10.1. The highest BCUT2D eigenvalue weighted by Crippen LogP contribution is 2.34. The Morgan fingerprint density at radius 2 is 1.73 bits per heavy atom. The highest BCUT2D eigenvalue weighted by atomic mass is 32.2. The van der Waals surface area contributed by atoms with Crippen LogP contribution in [0.4, 0.5) is 0 Å². The van der Waals surface area contributed by atoms with Crippen LogP contribution in [0.25, 0.3) is 10.2 Å². The van der Waals surface area contributed by atoms with Crippen LogP contribution in [0.5, 0.6) is 0 Å². The van der Waals surface area contributed by atoms with Gasteiger partial charge >= 0.3 is 4.87 Å². The molecule has 0 spiro atoms. The van der Waals surface area contributed by atoms with Gasteiger partial charge in [0.1, 0.15) is 0 Å². The van der Waals surface area contributed by atoms with Gasteiger partial charge in [-0.25, -0.2) is 0 Å². The van der Waals surface area contributed by atoms with Gasteiger partial charge in [0.15, 0.2) is 11.0 Å². The largest absolute Gasteiger partial charge is 0.308 e. The van der Waals surface area contributed by atoms with Gasteiger partial charge in [0.2, 0.25) is 0 Å². The second-order valence-electron chi connectivity index (χ2n) is 7.73. The number of benzene rings is 2. The summed E-state index contributed by atoms with van der Waals surface area (Å²) in [7, 11) is 0. The number of hydrogen-bond acceptors (Lipinski definition) is 5. The Labute approximate surface area is 183 Å². The molecule has 5 nitrogen and oxygen atoms in total. The molecule has 1 aliphatic rings. The SMILES string of the molecule is O=c1sc2ccccc2n1Cc1nnc(SC2CCCC2)n1CCc1ccccc1. The summed E-state index contributed by atoms with van der Waals surface area (Å²) in [6.07, 6.45) is 6.03. The number of thioether (sulfide) groups is 1. The van der Waals surface area contributed by atoms with Gasteiger partial charge in [-0.15, -0.1) is 10.2 Å². The van der Waals surface area contributed by atoms with Crippen LogP contribution in [0.3, 0.4) is 0 Å². The van der Waals surface area contributed by atoms with Crippen LogP contribution in [0, 0.1) is 0 Å². The van der Waals surface area contributed by atoms with Crippen LogP contribution in [-0.2, 0) is 19.5 Å². The number of fused-ring (bicyclic) bond motifs is 1. The fourth-order valence-electron chi connectivity index (χ4n) is 4.09. The second-order valence-corrected chi connectivity index (χ2v) is 9.99. The average molecular weight is 437 g/mol. The molecule has 1 aliphatic carbocycles. The number of hydrogen-bond donors (Lipinski definition) is 0. The van der Waals surface area contributed by atoms with E-state index in [4.69, 9.17) is 0 Å². The van der Waals surface area contributed by atoms with Gasteiger partial charge in [0.05, 0.1) is 16.8 Å². The van der Waals surface area contributed by atoms with E-state index in [0.717, 1.165) is 34.2 Å². The molecule has 2 aromatic heterocycles. The van der Waals surface area contributed by atoms with E-state index in [0.29, 0.717) is 11.8 Å². The third-order valence-corrected chi connectivity index (χ3v) is 7.99. The minimum atomic E-state index is 0.0544. The molecular weight excluding hydrogens is 412 g/mol. The number of aryl methyl sites for hydroxylation is 1. The molecule has 1 saturated carbocycles. The summed E-state index contributed by atoms with van der Waals surface area (Å²) in [4.78, 5) is 12.7. The zero-order valence-corrected chi connectivity index (χ0v) is 18.4. The molecule has 7 heteroatoms. The summed E-state index contributed by atoms with van der Waals surface area (Å²) in [5, 5.41) is 10.7. The zero-order chi connectivity index (χ0) is 20.3. The third-order valence-electron chi connectivity index (χ3n) is 5.71. The van der Waals surface area contributed by atoms with E-state index in [1.807, 2.05) is 46.7 Å². The first-order chi connectivity index (χ1) is 14.8. The zero-order valence-electron chi connectivity index (χ0n) is 16.7. The molecule has 1 fully saturated rings. The molecule has 0 atom stereocenters. The van der Waals surface area contributed by atoms with E-state index in [9.17, 15) is 4.79 Å². The number of para-hydroxylation sites is 1. The number of thiazole rings is 1. The van der Waals surface area contributed by atoms with E-state index in [2.05, 4.69) is 39.0 Å². The van der Waals surface area contributed by atoms with Crippen LogP contribution < -0.4 is 4.87 Å². The minimum absolute atomic E-state index is 0.0544. The van der Waals surface area contributed by atoms with Crippen molar-refractivity contribution in [3.63, 3.8) is 0 Å². The van der Waals surface area contributed by atoms with Crippen LogP contribution >= 0.6 is 23.1 Å². The summed E-state index contributed by atoms with van der Waals surface area (Å²) in [6.45, 7) is 1.27. The molecule has 0 aliphatic heterocycles. The highest BCUT2D eigenvalue weighted by Gasteiger charge is 2.22. The summed E-state index contributed by atoms with van der Waals surface area (Å²) >= 11 is 3.15. The topological polar surface area (TPSA) is 52.7 Å². The predicted octanol–water partition coefficient (Wildman–Crippen LogP) is 4.98. The first-order valence-electron chi connectivity index (χ1n) is 10.5. The van der Waals surface area contributed by atoms with Crippen molar-refractivity contribution >= 4 is 33.3 Å². The van der Waals surface area contributed by atoms with E-state index in [1.165, 1.54) is 42.6 Å². The monoisotopic (exact) mass is 436 g/mol. The Morgan fingerprint density at radius 3 is 2.57 bits per heavy atom. The first kappa shape index (κ1) is 19.6. The van der Waals surface area contributed by atoms with Gasteiger partial charge in [0.25, 0.3) is 0 Å². The number of aromatic nitrogens is 4. The van der Waals surface area contributed by atoms with Crippen molar-refractivity contribution < 1.29 is 0 Å². The molecule has 0 bridgehead atoms. The summed E-state index contributed by atoms with van der Waals surface area (Å²) in [6, 6.07) is 18.5. The maximum absolute atomic E-state index is 12.6. The molecule has 0 saturated heterocycles. The van der Waals surface area contributed by atoms with Gasteiger partial charge in [-0.2, -0.15) is 0 Å². The second kappa shape index (κ2) is 8.78. The first-order valence-corrected chi connectivity index (χ1v) is 12.2. The average Bonchev–Trinajstić information content (AvgIpc) is 3.49. The van der Waals surface area contributed by atoms with Crippen LogP contribution in [0.2, 0.25) is 0 Å². The quantitative estimate of drug-likeness (QED) is 0.410. The Balaban J connectivity index is 1.46. The van der Waals surface area contributed by atoms with Crippen molar-refractivity contribution in [3.8, 4) is 0 Å². The number of rotatable bonds is 7. The smallest absolute Gasteiger partial charge is 0.304 e. The van der Waals surface area contributed by atoms with Crippen LogP contribution in [0.15, 0.2) is 64.5 Å². The lowest BCUT2D eigenvalue weighted by molar-refractivity contribution is 0.585. The molecule has 30 heavy (non-hydrogen) atoms. The van der Waals surface area contributed by atoms with Crippen molar-refractivity contribution in [2.45, 2.75) is 55.6 Å². The molecule has 4 aromatic rings. The minimum Gasteiger partial charge on any atom is -0.304 e. The molecule has 0 radical (unpaired) electrons. The molecule has 0 unspecified atom stereocenters. The summed E-state index contributed by atoms with van der Waals surface area (Å²) in [5.74, 6) is 0.858. The Kier molecular flexibility index (Phi) is 5.73. The van der Waals surface area contributed by atoms with Crippen molar-refractivity contribution in [2.75, 3.05) is 0 Å². The predicted molar refractivity (Wildman–Crippen MR) is 123 cm³/mol. The molecule has 0 amide bonds. The van der Waals surface area contributed by atoms with Crippen LogP contribution in [0.1, 0.15) is 37.1 Å². The highest BCUT2D eigenvalue weighted by molar-refractivity contribution is 7.99. The lowest BCUT2D eigenvalue weighted by Crippen LogP contribution is -2.18. The van der Waals surface area contributed by atoms with E-state index < -0.39 is 0 Å². The Bertz CT molecular complexity index is 1190. The maximum atomic E-state index is 12.6. The van der Waals surface area contributed by atoms with E-state index in [1.54, 1.807) is 0 Å². The maximum Gasteiger partial charge on any atom is 0.308 e. The van der Waals surface area contributed by atoms with E-state index >= 15 is 0 Å². The summed E-state index contributed by atoms with van der Waals surface area (Å²) in [5.41, 5.74) is 2.27. The normalized spacial score (nSPS) is 14.7. The third kappa shape index (κ3) is 4.09. The molecule has 154 valence electrons. The van der Waals surface area contributed by atoms with Crippen LogP contribution in [-0.4, -0.2) is 24.6 Å². The van der Waals surface area contributed by atoms with Gasteiger partial charge < -0.3 is 4.57 Å². The van der Waals surface area contributed by atoms with Gasteiger partial charge in [0, 0.05) is 11.8 Å². The fourth-order valence-corrected chi connectivity index (χ4v) is 6.26. The standard InChI is InChI=1S/C23H24N4OS2/c28-23-27(19-12-6-7-13-20(19)30-23)16-21-24-25-22(29-18-10-4-5-11-18)26(21)15-14-17-8-2-1-3-9-17/h1-3,6-9,12-13,18H,4-5,10-11,14-16H2. The van der Waals surface area contributed by atoms with Gasteiger partial charge in [-0.1, -0.05) is 78.4 Å². The fraction of sp³-hybridized carbons (Fsp3) is 0.348. The molecule has 5 rings (SSSR count). The van der Waals surface area contributed by atoms with Crippen molar-refractivity contribution in [1.82, 2.24) is 19.3 Å². The summed E-state index contributed by atoms with van der Waals surface area (Å²) < 4.78 is 5.07. The van der Waals surface area contributed by atoms with E-state index in [-0.39, 0.29) is 4.87 Å². The lowest BCUT2D eigenvalue weighted by Gasteiger charge is -2.13. The number of nitrogens with zero attached hydrogens (tertiary/aromatic N) is 4. The molecule has 0 N–H and O–H groups in total. The Hall–Kier alpha value is -2.38. The molecular formula is C23H24N4OS2.